The third-order valence-corrected chi connectivity index (χ3v) is 10.1. The number of rotatable bonds is 5. The number of hydrogen-bond acceptors (Lipinski definition) is 13. The first-order valence-electron chi connectivity index (χ1n) is 18.8. The summed E-state index contributed by atoms with van der Waals surface area (Å²) in [5, 5.41) is 0.493. The minimum Gasteiger partial charge on any atom is -0.457 e. The molecule has 0 saturated heterocycles. The number of Topliss-reactive ketones (excluding diaryl/α,β-unsaturated/α-hetero) is 2. The lowest BCUT2D eigenvalue weighted by Gasteiger charge is -2.07. The largest absolute Gasteiger partial charge is 0.457 e. The standard InChI is InChI=1S/C24H16N2O5.C12H12N2O.C11H4O5.2CH4.H2O/c1-13-3-7-15(8-4-13)31-16-9-5-14(6-10-16)26-23(29)19-11-17-18(12-20(19)24(26)30)22(28)25(2)21(17)27;13-9-1-5-11(6-2-9)15-12-7-3-10(14)4-8-12;12-8-3-9(13)5-2-7-6(1-4(5)8)10(14)16-11(7)15;;;/h3-12H,1-2H3;1-8H,13-14H2;1-2H,3H2;2*1H4;1H2. The Hall–Kier alpha value is -8.76. The van der Waals surface area contributed by atoms with Gasteiger partial charge < -0.3 is 31.2 Å². The molecule has 6 N–H and O–H groups in total. The predicted molar refractivity (Wildman–Crippen MR) is 247 cm³/mol. The molecule has 16 heteroatoms. The Balaban J connectivity index is 0.000000197. The highest BCUT2D eigenvalue weighted by Gasteiger charge is 2.36. The van der Waals surface area contributed by atoms with Crippen LogP contribution in [0.5, 0.6) is 23.0 Å². The second-order valence-corrected chi connectivity index (χ2v) is 14.4. The molecule has 2 aliphatic rings. The number of cyclic esters (lactones) is 2. The van der Waals surface area contributed by atoms with Gasteiger partial charge >= 0.3 is 11.9 Å². The summed E-state index contributed by atoms with van der Waals surface area (Å²) in [7, 11) is 1.37. The highest BCUT2D eigenvalue weighted by Crippen LogP contribution is 2.30. The minimum atomic E-state index is -0.769. The average Bonchev–Trinajstić information content (AvgIpc) is 3.88. The molecule has 16 nitrogen and oxygen atoms in total. The number of nitrogen functional groups attached to an aromatic ring is 2. The zero-order chi connectivity index (χ0) is 44.0. The maximum atomic E-state index is 12.9. The molecule has 0 amide bonds. The Morgan fingerprint density at radius 2 is 0.815 bits per heavy atom. The molecule has 0 atom stereocenters. The van der Waals surface area contributed by atoms with Gasteiger partial charge in [-0.1, -0.05) is 32.5 Å². The van der Waals surface area contributed by atoms with E-state index < -0.39 is 34.2 Å². The summed E-state index contributed by atoms with van der Waals surface area (Å²) in [6.07, 6.45) is -0.193. The van der Waals surface area contributed by atoms with Crippen molar-refractivity contribution in [2.24, 2.45) is 7.05 Å². The first-order valence-corrected chi connectivity index (χ1v) is 18.8. The zero-order valence-electron chi connectivity index (χ0n) is 33.3. The highest BCUT2D eigenvalue weighted by atomic mass is 16.6. The first kappa shape index (κ1) is 47.3. The van der Waals surface area contributed by atoms with Gasteiger partial charge in [0.1, 0.15) is 23.0 Å². The normalized spacial score (nSPS) is 12.0. The number of ether oxygens (including phenoxy) is 3. The molecule has 10 rings (SSSR count). The van der Waals surface area contributed by atoms with Crippen LogP contribution in [0.25, 0.3) is 27.2 Å². The SMILES string of the molecule is C.C.Cc1ccc(Oc2ccc(-n3c(=O)c4cc5c(=O)n(C)c(=O)c5cc4c3=O)cc2)cc1.Nc1ccc(Oc2ccc(N)cc2)cc1.O.O=C1CC(=O)c2cc3c(cc21)C(=O)OC3=O. The third kappa shape index (κ3) is 9.09. The lowest BCUT2D eigenvalue weighted by atomic mass is 10.0. The second-order valence-electron chi connectivity index (χ2n) is 14.4. The van der Waals surface area contributed by atoms with E-state index in [0.717, 1.165) is 37.6 Å². The Bertz CT molecular complexity index is 3140. The lowest BCUT2D eigenvalue weighted by molar-refractivity contribution is 0.0443. The molecule has 3 heterocycles. The van der Waals surface area contributed by atoms with Crippen LogP contribution < -0.4 is 43.2 Å². The Morgan fingerprint density at radius 1 is 0.477 bits per heavy atom. The van der Waals surface area contributed by atoms with Gasteiger partial charge in [0.05, 0.1) is 44.8 Å². The van der Waals surface area contributed by atoms with Gasteiger partial charge in [-0.05, 0) is 116 Å². The van der Waals surface area contributed by atoms with Gasteiger partial charge in [-0.3, -0.25) is 33.3 Å². The Labute approximate surface area is 369 Å². The van der Waals surface area contributed by atoms with Crippen molar-refractivity contribution in [3.8, 4) is 28.7 Å². The van der Waals surface area contributed by atoms with Crippen LogP contribution in [0, 0.1) is 6.92 Å². The highest BCUT2D eigenvalue weighted by molar-refractivity contribution is 6.27. The molecule has 330 valence electrons. The molecule has 0 saturated carbocycles. The van der Waals surface area contributed by atoms with Crippen LogP contribution in [0.1, 0.15) is 68.3 Å². The number of benzene rings is 6. The molecule has 1 aliphatic heterocycles. The van der Waals surface area contributed by atoms with E-state index in [9.17, 15) is 38.4 Å². The van der Waals surface area contributed by atoms with Gasteiger partial charge in [0, 0.05) is 29.5 Å². The molecule has 0 spiro atoms. The predicted octanol–water partition coefficient (Wildman–Crippen LogP) is 6.40. The van der Waals surface area contributed by atoms with Crippen LogP contribution in [-0.4, -0.2) is 38.1 Å². The van der Waals surface area contributed by atoms with E-state index in [1.165, 1.54) is 31.3 Å². The number of fused-ring (bicyclic) bond motifs is 4. The van der Waals surface area contributed by atoms with Crippen LogP contribution in [0.4, 0.5) is 11.4 Å². The number of anilines is 2. The molecular formula is C49H42N4O12. The quantitative estimate of drug-likeness (QED) is 0.108. The van der Waals surface area contributed by atoms with Gasteiger partial charge in [-0.2, -0.15) is 0 Å². The van der Waals surface area contributed by atoms with E-state index in [0.29, 0.717) is 17.2 Å². The Morgan fingerprint density at radius 3 is 1.20 bits per heavy atom. The molecule has 0 radical (unpaired) electrons. The van der Waals surface area contributed by atoms with E-state index >= 15 is 0 Å². The third-order valence-electron chi connectivity index (χ3n) is 10.1. The number of aryl methyl sites for hydroxylation is 1. The summed E-state index contributed by atoms with van der Waals surface area (Å²) in [5.74, 6) is 0.563. The fourth-order valence-electron chi connectivity index (χ4n) is 6.87. The van der Waals surface area contributed by atoms with E-state index in [-0.39, 0.29) is 82.1 Å². The number of ketones is 2. The first-order chi connectivity index (χ1) is 29.7. The lowest BCUT2D eigenvalue weighted by Crippen LogP contribution is -2.23. The molecule has 0 fully saturated rings. The second kappa shape index (κ2) is 18.7. The molecular weight excluding hydrogens is 837 g/mol. The van der Waals surface area contributed by atoms with Crippen molar-refractivity contribution in [1.82, 2.24) is 9.13 Å². The summed E-state index contributed by atoms with van der Waals surface area (Å²) >= 11 is 0. The summed E-state index contributed by atoms with van der Waals surface area (Å²) in [6, 6.07) is 33.9. The number of aromatic nitrogens is 2. The maximum Gasteiger partial charge on any atom is 0.346 e. The Kier molecular flexibility index (Phi) is 13.6. The monoisotopic (exact) mass is 878 g/mol. The molecule has 0 unspecified atom stereocenters. The van der Waals surface area contributed by atoms with Crippen molar-refractivity contribution in [2.75, 3.05) is 11.5 Å². The molecule has 8 aromatic rings. The van der Waals surface area contributed by atoms with Crippen molar-refractivity contribution < 1.29 is 38.9 Å². The number of carbonyl (C=O) groups excluding carboxylic acids is 4. The zero-order valence-corrected chi connectivity index (χ0v) is 33.3. The summed E-state index contributed by atoms with van der Waals surface area (Å²) in [6.45, 7) is 1.99. The van der Waals surface area contributed by atoms with E-state index in [2.05, 4.69) is 4.74 Å². The maximum absolute atomic E-state index is 12.9. The van der Waals surface area contributed by atoms with Crippen LogP contribution >= 0.6 is 0 Å². The van der Waals surface area contributed by atoms with Crippen LogP contribution in [-0.2, 0) is 11.8 Å². The molecule has 6 aromatic carbocycles. The molecule has 65 heavy (non-hydrogen) atoms. The average molecular weight is 879 g/mol. The fraction of sp³-hybridized carbons (Fsp3) is 0.102. The van der Waals surface area contributed by atoms with Crippen molar-refractivity contribution in [2.45, 2.75) is 28.2 Å². The van der Waals surface area contributed by atoms with E-state index in [1.807, 2.05) is 55.5 Å². The smallest absolute Gasteiger partial charge is 0.346 e. The molecule has 1 aliphatic carbocycles. The van der Waals surface area contributed by atoms with E-state index in [1.54, 1.807) is 48.5 Å². The number of esters is 2. The van der Waals surface area contributed by atoms with Crippen molar-refractivity contribution >= 4 is 56.4 Å². The molecule has 2 aromatic heterocycles. The number of carbonyl (C=O) groups is 4. The van der Waals surface area contributed by atoms with Crippen molar-refractivity contribution in [3.05, 3.63) is 191 Å². The number of nitrogens with zero attached hydrogens (tertiary/aromatic N) is 2. The number of nitrogens with two attached hydrogens (primary N) is 2. The van der Waals surface area contributed by atoms with Crippen LogP contribution in [0.3, 0.4) is 0 Å². The van der Waals surface area contributed by atoms with Gasteiger partial charge in [-0.25, -0.2) is 14.2 Å². The summed E-state index contributed by atoms with van der Waals surface area (Å²) in [5.41, 5.74) is 12.6. The number of hydrogen-bond donors (Lipinski definition) is 2. The summed E-state index contributed by atoms with van der Waals surface area (Å²) in [4.78, 5) is 95.6. The van der Waals surface area contributed by atoms with Crippen molar-refractivity contribution in [1.29, 1.82) is 0 Å². The van der Waals surface area contributed by atoms with Gasteiger partial charge in [0.15, 0.2) is 11.6 Å². The topological polar surface area (TPSA) is 258 Å². The minimum absolute atomic E-state index is 0. The van der Waals surface area contributed by atoms with E-state index in [4.69, 9.17) is 20.9 Å². The van der Waals surface area contributed by atoms with Gasteiger partial charge in [0.2, 0.25) is 0 Å². The molecule has 0 bridgehead atoms. The van der Waals surface area contributed by atoms with Crippen molar-refractivity contribution in [3.63, 3.8) is 0 Å². The van der Waals surface area contributed by atoms with Crippen LogP contribution in [0.2, 0.25) is 0 Å². The van der Waals surface area contributed by atoms with Gasteiger partial charge in [0.25, 0.3) is 22.2 Å². The fourth-order valence-corrected chi connectivity index (χ4v) is 6.87. The summed E-state index contributed by atoms with van der Waals surface area (Å²) < 4.78 is 17.8. The van der Waals surface area contributed by atoms with Gasteiger partial charge in [-0.15, -0.1) is 0 Å². The van der Waals surface area contributed by atoms with Crippen LogP contribution in [0.15, 0.2) is 141 Å².